The summed E-state index contributed by atoms with van der Waals surface area (Å²) in [6, 6.07) is 0. The van der Waals surface area contributed by atoms with Crippen molar-refractivity contribution in [3.63, 3.8) is 0 Å². The van der Waals surface area contributed by atoms with Crippen LogP contribution in [-0.4, -0.2) is 35.7 Å². The first kappa shape index (κ1) is 14.3. The van der Waals surface area contributed by atoms with Crippen LogP contribution >= 0.6 is 0 Å². The van der Waals surface area contributed by atoms with E-state index in [2.05, 4.69) is 32.6 Å². The number of hydrogen-bond acceptors (Lipinski definition) is 2. The van der Waals surface area contributed by atoms with Gasteiger partial charge < -0.3 is 10.0 Å². The van der Waals surface area contributed by atoms with Crippen molar-refractivity contribution >= 4 is 0 Å². The average molecular weight is 253 g/mol. The third-order valence-electron chi connectivity index (χ3n) is 5.53. The molecule has 2 nitrogen and oxygen atoms in total. The molecule has 0 spiro atoms. The molecule has 1 N–H and O–H groups in total. The fourth-order valence-corrected chi connectivity index (χ4v) is 3.99. The Morgan fingerprint density at radius 1 is 1.00 bits per heavy atom. The molecule has 0 aromatic rings. The van der Waals surface area contributed by atoms with Crippen LogP contribution in [0.2, 0.25) is 0 Å². The normalized spacial score (nSPS) is 47.2. The zero-order valence-corrected chi connectivity index (χ0v) is 12.6. The van der Waals surface area contributed by atoms with Crippen molar-refractivity contribution in [1.82, 2.24) is 4.90 Å². The van der Waals surface area contributed by atoms with Crippen molar-refractivity contribution in [1.29, 1.82) is 0 Å². The quantitative estimate of drug-likeness (QED) is 0.818. The van der Waals surface area contributed by atoms with Gasteiger partial charge in [0.15, 0.2) is 0 Å². The Balaban J connectivity index is 1.88. The van der Waals surface area contributed by atoms with Crippen molar-refractivity contribution in [2.45, 2.75) is 53.1 Å². The molecule has 18 heavy (non-hydrogen) atoms. The molecule has 2 rings (SSSR count). The van der Waals surface area contributed by atoms with Crippen molar-refractivity contribution < 1.29 is 5.11 Å². The monoisotopic (exact) mass is 253 g/mol. The van der Waals surface area contributed by atoms with Crippen molar-refractivity contribution in [3.8, 4) is 0 Å². The van der Waals surface area contributed by atoms with E-state index in [9.17, 15) is 5.11 Å². The van der Waals surface area contributed by atoms with E-state index in [-0.39, 0.29) is 6.10 Å². The third kappa shape index (κ3) is 3.27. The van der Waals surface area contributed by atoms with Gasteiger partial charge in [0.05, 0.1) is 6.10 Å². The number of aliphatic hydroxyl groups excluding tert-OH is 1. The SMILES string of the molecule is CC1CC(C)C(CN2CCC(C)C(C)C2)C(O)C1. The standard InChI is InChI=1S/C16H31NO/c1-11-7-13(3)15(16(18)8-11)10-17-6-5-12(2)14(4)9-17/h11-16,18H,5-10H2,1-4H3. The number of rotatable bonds is 2. The van der Waals surface area contributed by atoms with Gasteiger partial charge in [-0.25, -0.2) is 0 Å². The maximum atomic E-state index is 10.3. The van der Waals surface area contributed by atoms with Crippen LogP contribution in [0.1, 0.15) is 47.0 Å². The van der Waals surface area contributed by atoms with Crippen LogP contribution in [0.3, 0.4) is 0 Å². The fraction of sp³-hybridized carbons (Fsp3) is 1.00. The van der Waals surface area contributed by atoms with Crippen molar-refractivity contribution in [2.75, 3.05) is 19.6 Å². The summed E-state index contributed by atoms with van der Waals surface area (Å²) in [4.78, 5) is 2.60. The first-order valence-corrected chi connectivity index (χ1v) is 7.87. The molecule has 0 aromatic carbocycles. The number of likely N-dealkylation sites (tertiary alicyclic amines) is 1. The molecule has 1 heterocycles. The van der Waals surface area contributed by atoms with E-state index in [1.54, 1.807) is 0 Å². The lowest BCUT2D eigenvalue weighted by molar-refractivity contribution is -0.0113. The van der Waals surface area contributed by atoms with E-state index < -0.39 is 0 Å². The first-order valence-electron chi connectivity index (χ1n) is 7.87. The van der Waals surface area contributed by atoms with Gasteiger partial charge in [-0.15, -0.1) is 0 Å². The fourth-order valence-electron chi connectivity index (χ4n) is 3.99. The van der Waals surface area contributed by atoms with Crippen LogP contribution in [0.5, 0.6) is 0 Å². The van der Waals surface area contributed by atoms with E-state index in [0.29, 0.717) is 17.8 Å². The van der Waals surface area contributed by atoms with Gasteiger partial charge in [0.2, 0.25) is 0 Å². The van der Waals surface area contributed by atoms with Gasteiger partial charge in [-0.3, -0.25) is 0 Å². The van der Waals surface area contributed by atoms with Gasteiger partial charge in [0.25, 0.3) is 0 Å². The highest BCUT2D eigenvalue weighted by atomic mass is 16.3. The van der Waals surface area contributed by atoms with Gasteiger partial charge in [0, 0.05) is 19.0 Å². The van der Waals surface area contributed by atoms with Crippen LogP contribution in [0.25, 0.3) is 0 Å². The molecule has 1 aliphatic heterocycles. The van der Waals surface area contributed by atoms with Crippen LogP contribution in [0, 0.1) is 29.6 Å². The topological polar surface area (TPSA) is 23.5 Å². The van der Waals surface area contributed by atoms with Crippen LogP contribution in [0.4, 0.5) is 0 Å². The van der Waals surface area contributed by atoms with Gasteiger partial charge >= 0.3 is 0 Å². The summed E-state index contributed by atoms with van der Waals surface area (Å²) in [5.74, 6) is 3.57. The van der Waals surface area contributed by atoms with Crippen molar-refractivity contribution in [2.24, 2.45) is 29.6 Å². The van der Waals surface area contributed by atoms with Crippen molar-refractivity contribution in [3.05, 3.63) is 0 Å². The minimum atomic E-state index is -0.0709. The van der Waals surface area contributed by atoms with Gasteiger partial charge in [0.1, 0.15) is 0 Å². The molecule has 2 fully saturated rings. The van der Waals surface area contributed by atoms with E-state index in [4.69, 9.17) is 0 Å². The second-order valence-electron chi connectivity index (χ2n) is 7.29. The Hall–Kier alpha value is -0.0800. The number of aliphatic hydroxyl groups is 1. The zero-order chi connectivity index (χ0) is 13.3. The highest BCUT2D eigenvalue weighted by molar-refractivity contribution is 4.86. The minimum Gasteiger partial charge on any atom is -0.393 e. The van der Waals surface area contributed by atoms with Gasteiger partial charge in [-0.05, 0) is 49.5 Å². The van der Waals surface area contributed by atoms with Crippen LogP contribution < -0.4 is 0 Å². The summed E-state index contributed by atoms with van der Waals surface area (Å²) < 4.78 is 0. The smallest absolute Gasteiger partial charge is 0.0585 e. The predicted octanol–water partition coefficient (Wildman–Crippen LogP) is 3.01. The molecule has 0 aromatic heterocycles. The second-order valence-corrected chi connectivity index (χ2v) is 7.29. The molecule has 2 aliphatic rings. The van der Waals surface area contributed by atoms with E-state index in [1.807, 2.05) is 0 Å². The largest absolute Gasteiger partial charge is 0.393 e. The maximum absolute atomic E-state index is 10.3. The number of nitrogens with zero attached hydrogens (tertiary/aromatic N) is 1. The summed E-state index contributed by atoms with van der Waals surface area (Å²) in [7, 11) is 0. The molecular weight excluding hydrogens is 222 g/mol. The van der Waals surface area contributed by atoms with E-state index in [0.717, 1.165) is 24.8 Å². The molecule has 1 saturated carbocycles. The number of piperidine rings is 1. The van der Waals surface area contributed by atoms with Gasteiger partial charge in [-0.2, -0.15) is 0 Å². The summed E-state index contributed by atoms with van der Waals surface area (Å²) >= 11 is 0. The Labute approximate surface area is 113 Å². The Morgan fingerprint density at radius 2 is 1.72 bits per heavy atom. The predicted molar refractivity (Wildman–Crippen MR) is 76.4 cm³/mol. The Kier molecular flexibility index (Phi) is 4.71. The van der Waals surface area contributed by atoms with Gasteiger partial charge in [-0.1, -0.05) is 27.7 Å². The lowest BCUT2D eigenvalue weighted by atomic mass is 9.73. The maximum Gasteiger partial charge on any atom is 0.0585 e. The summed E-state index contributed by atoms with van der Waals surface area (Å²) in [6.07, 6.45) is 3.56. The summed E-state index contributed by atoms with van der Waals surface area (Å²) in [5.41, 5.74) is 0. The molecule has 0 radical (unpaired) electrons. The minimum absolute atomic E-state index is 0.0709. The first-order chi connectivity index (χ1) is 8.47. The Bertz CT molecular complexity index is 256. The number of hydrogen-bond donors (Lipinski definition) is 1. The Morgan fingerprint density at radius 3 is 2.33 bits per heavy atom. The highest BCUT2D eigenvalue weighted by Crippen LogP contribution is 2.35. The van der Waals surface area contributed by atoms with E-state index in [1.165, 1.54) is 25.9 Å². The zero-order valence-electron chi connectivity index (χ0n) is 12.6. The lowest BCUT2D eigenvalue weighted by Gasteiger charge is -2.42. The van der Waals surface area contributed by atoms with Crippen LogP contribution in [-0.2, 0) is 0 Å². The van der Waals surface area contributed by atoms with E-state index >= 15 is 0 Å². The molecule has 1 saturated heterocycles. The summed E-state index contributed by atoms with van der Waals surface area (Å²) in [5, 5.41) is 10.3. The third-order valence-corrected chi connectivity index (χ3v) is 5.53. The molecule has 0 bridgehead atoms. The second kappa shape index (κ2) is 5.92. The molecule has 6 atom stereocenters. The molecule has 106 valence electrons. The molecule has 0 amide bonds. The van der Waals surface area contributed by atoms with Crippen LogP contribution in [0.15, 0.2) is 0 Å². The molecule has 2 heteroatoms. The highest BCUT2D eigenvalue weighted by Gasteiger charge is 2.35. The molecule has 1 aliphatic carbocycles. The average Bonchev–Trinajstić information content (AvgIpc) is 2.28. The molecular formula is C16H31NO. The molecule has 6 unspecified atom stereocenters. The lowest BCUT2D eigenvalue weighted by Crippen LogP contribution is -2.46. The summed E-state index contributed by atoms with van der Waals surface area (Å²) in [6.45, 7) is 12.9.